The number of Topliss-reactive ketones (excluding diaryl/α,β-unsaturated/α-hetero) is 1. The van der Waals surface area contributed by atoms with Crippen molar-refractivity contribution in [2.75, 3.05) is 38.0 Å². The first-order chi connectivity index (χ1) is 12.4. The second kappa shape index (κ2) is 7.52. The number of anilines is 1. The molecule has 138 valence electrons. The Hall–Kier alpha value is -2.94. The van der Waals surface area contributed by atoms with Gasteiger partial charge in [0.15, 0.2) is 11.6 Å². The van der Waals surface area contributed by atoms with E-state index in [0.29, 0.717) is 49.0 Å². The highest BCUT2D eigenvalue weighted by Gasteiger charge is 2.24. The Morgan fingerprint density at radius 1 is 1.23 bits per heavy atom. The molecule has 0 aromatic carbocycles. The molecule has 2 aromatic heterocycles. The summed E-state index contributed by atoms with van der Waals surface area (Å²) in [6.07, 6.45) is 1.54. The third kappa shape index (κ3) is 4.17. The van der Waals surface area contributed by atoms with Gasteiger partial charge in [-0.05, 0) is 19.9 Å². The summed E-state index contributed by atoms with van der Waals surface area (Å²) in [7, 11) is 0. The highest BCUT2D eigenvalue weighted by Crippen LogP contribution is 2.11. The molecule has 0 saturated carbocycles. The van der Waals surface area contributed by atoms with Crippen molar-refractivity contribution in [3.63, 3.8) is 0 Å². The van der Waals surface area contributed by atoms with E-state index in [-0.39, 0.29) is 24.1 Å². The lowest BCUT2D eigenvalue weighted by Gasteiger charge is -2.34. The Bertz CT molecular complexity index is 817. The van der Waals surface area contributed by atoms with Crippen LogP contribution in [0.3, 0.4) is 0 Å². The monoisotopic (exact) mass is 359 g/mol. The maximum absolute atomic E-state index is 12.5. The number of aromatic nitrogens is 2. The van der Waals surface area contributed by atoms with Crippen molar-refractivity contribution in [1.29, 1.82) is 0 Å². The number of piperazine rings is 1. The fraction of sp³-hybridized carbons (Fsp3) is 0.412. The van der Waals surface area contributed by atoms with E-state index in [4.69, 9.17) is 4.52 Å². The van der Waals surface area contributed by atoms with Crippen LogP contribution >= 0.6 is 0 Å². The minimum absolute atomic E-state index is 0.0848. The third-order valence-corrected chi connectivity index (χ3v) is 4.24. The molecule has 9 heteroatoms. The fourth-order valence-electron chi connectivity index (χ4n) is 2.81. The summed E-state index contributed by atoms with van der Waals surface area (Å²) in [5, 5.41) is 6.41. The van der Waals surface area contributed by atoms with Gasteiger partial charge in [0.1, 0.15) is 11.5 Å². The van der Waals surface area contributed by atoms with Gasteiger partial charge in [-0.3, -0.25) is 19.3 Å². The van der Waals surface area contributed by atoms with Crippen LogP contribution in [0.1, 0.15) is 33.5 Å². The number of amides is 2. The summed E-state index contributed by atoms with van der Waals surface area (Å²) in [5.74, 6) is 0.630. The molecule has 0 radical (unpaired) electrons. The van der Waals surface area contributed by atoms with Crippen molar-refractivity contribution in [1.82, 2.24) is 19.9 Å². The Kier molecular flexibility index (Phi) is 5.17. The van der Waals surface area contributed by atoms with Crippen LogP contribution in [0.5, 0.6) is 0 Å². The van der Waals surface area contributed by atoms with Crippen LogP contribution in [0, 0.1) is 6.92 Å². The van der Waals surface area contributed by atoms with Gasteiger partial charge in [-0.25, -0.2) is 0 Å². The van der Waals surface area contributed by atoms with Gasteiger partial charge < -0.3 is 19.7 Å². The Balaban J connectivity index is 1.48. The number of H-pyrrole nitrogens is 1. The minimum atomic E-state index is -0.173. The molecule has 0 spiro atoms. The van der Waals surface area contributed by atoms with Gasteiger partial charge in [-0.2, -0.15) is 0 Å². The first-order valence-corrected chi connectivity index (χ1v) is 8.36. The molecule has 1 fully saturated rings. The van der Waals surface area contributed by atoms with Gasteiger partial charge in [-0.15, -0.1) is 0 Å². The SMILES string of the molecule is CC(=O)c1c[nH]c(C(=O)N2CCN(CC(=O)Nc3cc(C)on3)CC2)c1. The van der Waals surface area contributed by atoms with E-state index >= 15 is 0 Å². The van der Waals surface area contributed by atoms with Crippen LogP contribution in [0.25, 0.3) is 0 Å². The number of carbonyl (C=O) groups excluding carboxylic acids is 3. The fourth-order valence-corrected chi connectivity index (χ4v) is 2.81. The van der Waals surface area contributed by atoms with E-state index in [1.165, 1.54) is 6.92 Å². The highest BCUT2D eigenvalue weighted by atomic mass is 16.5. The Morgan fingerprint density at radius 2 is 1.96 bits per heavy atom. The van der Waals surface area contributed by atoms with Gasteiger partial charge in [0, 0.05) is 44.0 Å². The van der Waals surface area contributed by atoms with E-state index in [1.807, 2.05) is 4.90 Å². The minimum Gasteiger partial charge on any atom is -0.360 e. The average molecular weight is 359 g/mol. The molecule has 2 N–H and O–H groups in total. The van der Waals surface area contributed by atoms with Gasteiger partial charge in [0.05, 0.1) is 6.54 Å². The second-order valence-electron chi connectivity index (χ2n) is 6.30. The molecule has 2 amide bonds. The number of hydrogen-bond acceptors (Lipinski definition) is 6. The molecular weight excluding hydrogens is 338 g/mol. The van der Waals surface area contributed by atoms with E-state index in [9.17, 15) is 14.4 Å². The van der Waals surface area contributed by atoms with Crippen molar-refractivity contribution >= 4 is 23.4 Å². The Labute approximate surface area is 150 Å². The van der Waals surface area contributed by atoms with Crippen LogP contribution in [0.15, 0.2) is 22.9 Å². The van der Waals surface area contributed by atoms with Crippen LogP contribution in [-0.4, -0.2) is 70.3 Å². The number of nitrogens with zero attached hydrogens (tertiary/aromatic N) is 3. The van der Waals surface area contributed by atoms with Crippen molar-refractivity contribution in [3.05, 3.63) is 35.3 Å². The molecule has 0 aliphatic carbocycles. The summed E-state index contributed by atoms with van der Waals surface area (Å²) in [5.41, 5.74) is 0.898. The lowest BCUT2D eigenvalue weighted by Crippen LogP contribution is -2.50. The van der Waals surface area contributed by atoms with Gasteiger partial charge >= 0.3 is 0 Å². The molecule has 0 bridgehead atoms. The lowest BCUT2D eigenvalue weighted by atomic mass is 10.2. The van der Waals surface area contributed by atoms with Gasteiger partial charge in [0.25, 0.3) is 5.91 Å². The number of carbonyl (C=O) groups is 3. The van der Waals surface area contributed by atoms with E-state index in [2.05, 4.69) is 15.5 Å². The first kappa shape index (κ1) is 17.9. The van der Waals surface area contributed by atoms with Crippen LogP contribution in [-0.2, 0) is 4.79 Å². The average Bonchev–Trinajstić information content (AvgIpc) is 3.24. The second-order valence-corrected chi connectivity index (χ2v) is 6.30. The molecule has 26 heavy (non-hydrogen) atoms. The molecule has 0 atom stereocenters. The standard InChI is InChI=1S/C17H21N5O4/c1-11-7-15(20-26-11)19-16(24)10-21-3-5-22(6-4-21)17(25)14-8-13(9-18-14)12(2)23/h7-9,18H,3-6,10H2,1-2H3,(H,19,20,24). The quantitative estimate of drug-likeness (QED) is 0.768. The number of ketones is 1. The highest BCUT2D eigenvalue weighted by molar-refractivity contribution is 5.99. The Morgan fingerprint density at radius 3 is 2.54 bits per heavy atom. The van der Waals surface area contributed by atoms with Crippen LogP contribution in [0.2, 0.25) is 0 Å². The van der Waals surface area contributed by atoms with Gasteiger partial charge in [-0.1, -0.05) is 5.16 Å². The largest absolute Gasteiger partial charge is 0.360 e. The van der Waals surface area contributed by atoms with E-state index in [1.54, 1.807) is 30.2 Å². The molecule has 1 aliphatic rings. The van der Waals surface area contributed by atoms with Crippen molar-refractivity contribution in [2.24, 2.45) is 0 Å². The summed E-state index contributed by atoms with van der Waals surface area (Å²) >= 11 is 0. The molecule has 0 unspecified atom stereocenters. The first-order valence-electron chi connectivity index (χ1n) is 8.36. The number of nitrogens with one attached hydrogen (secondary N) is 2. The van der Waals surface area contributed by atoms with Crippen molar-refractivity contribution in [2.45, 2.75) is 13.8 Å². The topological polar surface area (TPSA) is 112 Å². The molecule has 3 heterocycles. The predicted octanol–water partition coefficient (Wildman–Crippen LogP) is 0.910. The lowest BCUT2D eigenvalue weighted by molar-refractivity contribution is -0.117. The van der Waals surface area contributed by atoms with Gasteiger partial charge in [0.2, 0.25) is 5.91 Å². The smallest absolute Gasteiger partial charge is 0.270 e. The molecule has 2 aromatic rings. The number of hydrogen-bond donors (Lipinski definition) is 2. The summed E-state index contributed by atoms with van der Waals surface area (Å²) in [6, 6.07) is 3.23. The summed E-state index contributed by atoms with van der Waals surface area (Å²) in [6.45, 7) is 5.66. The van der Waals surface area contributed by atoms with Crippen molar-refractivity contribution in [3.8, 4) is 0 Å². The maximum Gasteiger partial charge on any atom is 0.270 e. The normalized spacial score (nSPS) is 15.1. The van der Waals surface area contributed by atoms with Crippen molar-refractivity contribution < 1.29 is 18.9 Å². The molecular formula is C17H21N5O4. The summed E-state index contributed by atoms with van der Waals surface area (Å²) in [4.78, 5) is 42.4. The number of rotatable bonds is 5. The van der Waals surface area contributed by atoms with E-state index in [0.717, 1.165) is 0 Å². The molecule has 9 nitrogen and oxygen atoms in total. The number of aryl methyl sites for hydroxylation is 1. The zero-order valence-corrected chi connectivity index (χ0v) is 14.7. The summed E-state index contributed by atoms with van der Waals surface area (Å²) < 4.78 is 4.91. The number of aromatic amines is 1. The third-order valence-electron chi connectivity index (χ3n) is 4.24. The predicted molar refractivity (Wildman–Crippen MR) is 93.0 cm³/mol. The zero-order chi connectivity index (χ0) is 18.7. The molecule has 3 rings (SSSR count). The maximum atomic E-state index is 12.5. The van der Waals surface area contributed by atoms with E-state index < -0.39 is 0 Å². The van der Waals surface area contributed by atoms with Crippen LogP contribution < -0.4 is 5.32 Å². The molecule has 1 aliphatic heterocycles. The van der Waals surface area contributed by atoms with Crippen LogP contribution in [0.4, 0.5) is 5.82 Å². The zero-order valence-electron chi connectivity index (χ0n) is 14.7. The molecule has 1 saturated heterocycles.